The number of rotatable bonds is 5. The lowest BCUT2D eigenvalue weighted by Gasteiger charge is -2.11. The first-order valence-corrected chi connectivity index (χ1v) is 6.61. The van der Waals surface area contributed by atoms with E-state index in [2.05, 4.69) is 0 Å². The SMILES string of the molecule is COc1ccccc1CC(=O)Oc1ccc(C)cc1OC. The number of carbonyl (C=O) groups is 1. The molecular weight excluding hydrogens is 268 g/mol. The summed E-state index contributed by atoms with van der Waals surface area (Å²) in [6.07, 6.45) is 0.140. The van der Waals surface area contributed by atoms with Crippen LogP contribution >= 0.6 is 0 Å². The Morgan fingerprint density at radius 3 is 2.38 bits per heavy atom. The van der Waals surface area contributed by atoms with E-state index in [4.69, 9.17) is 14.2 Å². The summed E-state index contributed by atoms with van der Waals surface area (Å²) in [5, 5.41) is 0. The third-order valence-electron chi connectivity index (χ3n) is 3.07. The molecule has 110 valence electrons. The lowest BCUT2D eigenvalue weighted by molar-refractivity contribution is -0.133. The standard InChI is InChI=1S/C17H18O4/c1-12-8-9-15(16(10-12)20-3)21-17(18)11-13-6-4-5-7-14(13)19-2/h4-10H,11H2,1-3H3. The van der Waals surface area contributed by atoms with E-state index in [0.717, 1.165) is 11.1 Å². The van der Waals surface area contributed by atoms with Crippen molar-refractivity contribution in [3.63, 3.8) is 0 Å². The monoisotopic (exact) mass is 286 g/mol. The molecule has 0 radical (unpaired) electrons. The Kier molecular flexibility index (Phi) is 4.82. The molecule has 4 nitrogen and oxygen atoms in total. The van der Waals surface area contributed by atoms with Crippen LogP contribution < -0.4 is 14.2 Å². The van der Waals surface area contributed by atoms with Crippen LogP contribution in [-0.4, -0.2) is 20.2 Å². The van der Waals surface area contributed by atoms with E-state index in [1.54, 1.807) is 20.3 Å². The molecule has 4 heteroatoms. The molecule has 0 bridgehead atoms. The summed E-state index contributed by atoms with van der Waals surface area (Å²) in [5.41, 5.74) is 1.83. The highest BCUT2D eigenvalue weighted by molar-refractivity contribution is 5.76. The van der Waals surface area contributed by atoms with Gasteiger partial charge in [0, 0.05) is 5.56 Å². The maximum atomic E-state index is 12.1. The van der Waals surface area contributed by atoms with Crippen molar-refractivity contribution in [2.45, 2.75) is 13.3 Å². The van der Waals surface area contributed by atoms with Gasteiger partial charge in [-0.1, -0.05) is 24.3 Å². The lowest BCUT2D eigenvalue weighted by atomic mass is 10.1. The van der Waals surface area contributed by atoms with Gasteiger partial charge in [0.25, 0.3) is 0 Å². The van der Waals surface area contributed by atoms with Crippen molar-refractivity contribution in [1.82, 2.24) is 0 Å². The fourth-order valence-electron chi connectivity index (χ4n) is 2.02. The fourth-order valence-corrected chi connectivity index (χ4v) is 2.02. The molecule has 0 spiro atoms. The van der Waals surface area contributed by atoms with Crippen LogP contribution in [0.25, 0.3) is 0 Å². The second kappa shape index (κ2) is 6.79. The Hall–Kier alpha value is -2.49. The smallest absolute Gasteiger partial charge is 0.315 e. The first-order chi connectivity index (χ1) is 10.1. The van der Waals surface area contributed by atoms with Crippen LogP contribution in [0.3, 0.4) is 0 Å². The molecule has 0 N–H and O–H groups in total. The van der Waals surface area contributed by atoms with Crippen LogP contribution in [0.4, 0.5) is 0 Å². The van der Waals surface area contributed by atoms with Crippen molar-refractivity contribution in [3.05, 3.63) is 53.6 Å². The van der Waals surface area contributed by atoms with Gasteiger partial charge in [0.15, 0.2) is 11.5 Å². The molecule has 21 heavy (non-hydrogen) atoms. The Morgan fingerprint density at radius 1 is 0.952 bits per heavy atom. The Morgan fingerprint density at radius 2 is 1.67 bits per heavy atom. The summed E-state index contributed by atoms with van der Waals surface area (Å²) in [6, 6.07) is 12.8. The number of aryl methyl sites for hydroxylation is 1. The van der Waals surface area contributed by atoms with Crippen LogP contribution in [0.2, 0.25) is 0 Å². The second-order valence-electron chi connectivity index (χ2n) is 4.62. The lowest BCUT2D eigenvalue weighted by Crippen LogP contribution is -2.12. The third-order valence-corrected chi connectivity index (χ3v) is 3.07. The topological polar surface area (TPSA) is 44.8 Å². The zero-order valence-corrected chi connectivity index (χ0v) is 12.4. The number of benzene rings is 2. The van der Waals surface area contributed by atoms with Gasteiger partial charge in [-0.3, -0.25) is 4.79 Å². The number of carbonyl (C=O) groups excluding carboxylic acids is 1. The first-order valence-electron chi connectivity index (χ1n) is 6.61. The van der Waals surface area contributed by atoms with Crippen molar-refractivity contribution in [2.24, 2.45) is 0 Å². The highest BCUT2D eigenvalue weighted by Crippen LogP contribution is 2.28. The van der Waals surface area contributed by atoms with Gasteiger partial charge in [0.2, 0.25) is 0 Å². The summed E-state index contributed by atoms with van der Waals surface area (Å²) >= 11 is 0. The number of hydrogen-bond donors (Lipinski definition) is 0. The second-order valence-corrected chi connectivity index (χ2v) is 4.62. The molecule has 2 aromatic carbocycles. The minimum atomic E-state index is -0.360. The van der Waals surface area contributed by atoms with Gasteiger partial charge in [0.1, 0.15) is 5.75 Å². The maximum Gasteiger partial charge on any atom is 0.315 e. The summed E-state index contributed by atoms with van der Waals surface area (Å²) in [7, 11) is 3.12. The van der Waals surface area contributed by atoms with E-state index in [1.165, 1.54) is 0 Å². The Bertz CT molecular complexity index is 634. The van der Waals surface area contributed by atoms with E-state index >= 15 is 0 Å². The highest BCUT2D eigenvalue weighted by atomic mass is 16.6. The average molecular weight is 286 g/mol. The summed E-state index contributed by atoms with van der Waals surface area (Å²) < 4.78 is 15.8. The molecule has 0 aliphatic carbocycles. The van der Waals surface area contributed by atoms with Gasteiger partial charge < -0.3 is 14.2 Å². The van der Waals surface area contributed by atoms with Crippen LogP contribution in [0.15, 0.2) is 42.5 Å². The molecule has 2 rings (SSSR count). The van der Waals surface area contributed by atoms with E-state index in [1.807, 2.05) is 43.3 Å². The minimum Gasteiger partial charge on any atom is -0.496 e. The predicted octanol–water partition coefficient (Wildman–Crippen LogP) is 3.16. The van der Waals surface area contributed by atoms with Gasteiger partial charge >= 0.3 is 5.97 Å². The largest absolute Gasteiger partial charge is 0.496 e. The Labute approximate surface area is 124 Å². The van der Waals surface area contributed by atoms with Crippen LogP contribution in [0.1, 0.15) is 11.1 Å². The van der Waals surface area contributed by atoms with Crippen molar-refractivity contribution < 1.29 is 19.0 Å². The number of esters is 1. The van der Waals surface area contributed by atoms with E-state index in [0.29, 0.717) is 17.2 Å². The summed E-state index contributed by atoms with van der Waals surface area (Å²) in [5.74, 6) is 1.28. The average Bonchev–Trinajstić information content (AvgIpc) is 2.49. The van der Waals surface area contributed by atoms with Crippen molar-refractivity contribution in [2.75, 3.05) is 14.2 Å². The zero-order chi connectivity index (χ0) is 15.2. The zero-order valence-electron chi connectivity index (χ0n) is 12.4. The maximum absolute atomic E-state index is 12.1. The van der Waals surface area contributed by atoms with Crippen LogP contribution in [0, 0.1) is 6.92 Å². The van der Waals surface area contributed by atoms with Crippen molar-refractivity contribution >= 4 is 5.97 Å². The molecule has 0 unspecified atom stereocenters. The molecule has 0 aliphatic heterocycles. The van der Waals surface area contributed by atoms with Gasteiger partial charge in [-0.05, 0) is 30.7 Å². The van der Waals surface area contributed by atoms with Crippen molar-refractivity contribution in [3.8, 4) is 17.2 Å². The first kappa shape index (κ1) is 14.9. The van der Waals surface area contributed by atoms with E-state index < -0.39 is 0 Å². The third kappa shape index (κ3) is 3.75. The molecule has 2 aromatic rings. The van der Waals surface area contributed by atoms with Gasteiger partial charge in [-0.2, -0.15) is 0 Å². The van der Waals surface area contributed by atoms with Crippen molar-refractivity contribution in [1.29, 1.82) is 0 Å². The number of ether oxygens (including phenoxy) is 3. The van der Waals surface area contributed by atoms with E-state index in [9.17, 15) is 4.79 Å². The molecule has 0 heterocycles. The number of hydrogen-bond acceptors (Lipinski definition) is 4. The molecular formula is C17H18O4. The number of methoxy groups -OCH3 is 2. The molecule has 0 fully saturated rings. The Balaban J connectivity index is 2.12. The fraction of sp³-hybridized carbons (Fsp3) is 0.235. The van der Waals surface area contributed by atoms with E-state index in [-0.39, 0.29) is 12.4 Å². The molecule has 0 atom stereocenters. The summed E-state index contributed by atoms with van der Waals surface area (Å²) in [4.78, 5) is 12.1. The van der Waals surface area contributed by atoms with Crippen LogP contribution in [0.5, 0.6) is 17.2 Å². The molecule has 0 aliphatic rings. The molecule has 0 saturated carbocycles. The normalized spacial score (nSPS) is 10.0. The molecule has 0 saturated heterocycles. The van der Waals surface area contributed by atoms with Crippen LogP contribution in [-0.2, 0) is 11.2 Å². The van der Waals surface area contributed by atoms with Gasteiger partial charge in [0.05, 0.1) is 20.6 Å². The van der Waals surface area contributed by atoms with Gasteiger partial charge in [-0.25, -0.2) is 0 Å². The minimum absolute atomic E-state index is 0.140. The molecule has 0 amide bonds. The predicted molar refractivity (Wildman–Crippen MR) is 80.1 cm³/mol. The highest BCUT2D eigenvalue weighted by Gasteiger charge is 2.13. The summed E-state index contributed by atoms with van der Waals surface area (Å²) in [6.45, 7) is 1.95. The number of para-hydroxylation sites is 1. The quantitative estimate of drug-likeness (QED) is 0.625. The van der Waals surface area contributed by atoms with Gasteiger partial charge in [-0.15, -0.1) is 0 Å². The molecule has 0 aromatic heterocycles.